The third-order valence-electron chi connectivity index (χ3n) is 3.33. The van der Waals surface area contributed by atoms with Gasteiger partial charge in [-0.2, -0.15) is 8.78 Å². The molecule has 0 fully saturated rings. The fourth-order valence-electron chi connectivity index (χ4n) is 1.68. The molecule has 4 nitrogen and oxygen atoms in total. The van der Waals surface area contributed by atoms with E-state index in [-0.39, 0.29) is 25.1 Å². The molecule has 0 spiro atoms. The fraction of sp³-hybridized carbons (Fsp3) is 0.562. The fourth-order valence-corrected chi connectivity index (χ4v) is 1.68. The Hall–Kier alpha value is -1.83. The summed E-state index contributed by atoms with van der Waals surface area (Å²) in [5.74, 6) is -8.35. The first-order valence-corrected chi connectivity index (χ1v) is 7.41. The second-order valence-corrected chi connectivity index (χ2v) is 5.74. The van der Waals surface area contributed by atoms with E-state index in [1.54, 1.807) is 26.2 Å². The number of nitrogens with zero attached hydrogens (tertiary/aromatic N) is 1. The van der Waals surface area contributed by atoms with Gasteiger partial charge in [0.15, 0.2) is 6.61 Å². The van der Waals surface area contributed by atoms with Gasteiger partial charge in [-0.25, -0.2) is 8.78 Å². The van der Waals surface area contributed by atoms with Crippen LogP contribution in [0.2, 0.25) is 0 Å². The third kappa shape index (κ3) is 6.35. The Balaban J connectivity index is 2.48. The zero-order valence-electron chi connectivity index (χ0n) is 13.9. The minimum absolute atomic E-state index is 0.0604. The molecule has 1 aromatic carbocycles. The summed E-state index contributed by atoms with van der Waals surface area (Å²) in [5, 5.41) is 2.96. The van der Waals surface area contributed by atoms with Crippen LogP contribution in [0.15, 0.2) is 24.3 Å². The topological polar surface area (TPSA) is 41.6 Å². The zero-order valence-corrected chi connectivity index (χ0v) is 13.9. The number of hydrogen-bond acceptors (Lipinski definition) is 3. The second-order valence-electron chi connectivity index (χ2n) is 5.74. The van der Waals surface area contributed by atoms with Gasteiger partial charge in [-0.3, -0.25) is 4.79 Å². The van der Waals surface area contributed by atoms with E-state index >= 15 is 0 Å². The highest BCUT2D eigenvalue weighted by Gasteiger charge is 2.52. The molecule has 0 atom stereocenters. The molecule has 8 heteroatoms. The highest BCUT2D eigenvalue weighted by Crippen LogP contribution is 2.34. The van der Waals surface area contributed by atoms with E-state index in [9.17, 15) is 22.4 Å². The lowest BCUT2D eigenvalue weighted by Gasteiger charge is -2.23. The first-order valence-electron chi connectivity index (χ1n) is 7.41. The number of benzene rings is 1. The first kappa shape index (κ1) is 20.2. The van der Waals surface area contributed by atoms with Crippen LogP contribution in [-0.2, 0) is 11.2 Å². The quantitative estimate of drug-likeness (QED) is 0.550. The number of likely N-dealkylation sites (N-methyl/N-ethyl adjacent to an activating group) is 1. The number of hydrogen-bond donors (Lipinski definition) is 1. The molecule has 0 heterocycles. The van der Waals surface area contributed by atoms with Gasteiger partial charge in [0.2, 0.25) is 5.91 Å². The molecule has 1 N–H and O–H groups in total. The van der Waals surface area contributed by atoms with Crippen molar-refractivity contribution in [3.8, 4) is 5.75 Å². The maximum absolute atomic E-state index is 13.2. The Kier molecular flexibility index (Phi) is 7.01. The van der Waals surface area contributed by atoms with Crippen molar-refractivity contribution in [2.24, 2.45) is 0 Å². The summed E-state index contributed by atoms with van der Waals surface area (Å²) in [6, 6.07) is 6.29. The highest BCUT2D eigenvalue weighted by molar-refractivity contribution is 5.77. The number of nitrogens with one attached hydrogen (secondary N) is 1. The number of amides is 1. The van der Waals surface area contributed by atoms with E-state index in [1.165, 1.54) is 17.0 Å². The normalized spacial score (nSPS) is 12.1. The number of halogens is 4. The van der Waals surface area contributed by atoms with Crippen LogP contribution in [0.25, 0.3) is 0 Å². The summed E-state index contributed by atoms with van der Waals surface area (Å²) >= 11 is 0. The molecule has 0 aliphatic rings. The van der Waals surface area contributed by atoms with Gasteiger partial charge in [0.25, 0.3) is 0 Å². The molecule has 1 amide bonds. The van der Waals surface area contributed by atoms with E-state index in [4.69, 9.17) is 4.74 Å². The standard InChI is InChI=1S/C16H22F4N2O2/c1-15(17,18)16(19,20)11-24-13-6-4-5-12(9-13)7-8-21-10-14(23)22(2)3/h4-6,9,21H,7-8,10-11H2,1-3H3. The lowest BCUT2D eigenvalue weighted by atomic mass is 10.1. The number of ether oxygens (including phenoxy) is 1. The van der Waals surface area contributed by atoms with Crippen molar-refractivity contribution < 1.29 is 27.1 Å². The van der Waals surface area contributed by atoms with E-state index in [1.807, 2.05) is 0 Å². The molecule has 0 saturated heterocycles. The summed E-state index contributed by atoms with van der Waals surface area (Å²) in [6.07, 6.45) is 0.540. The Morgan fingerprint density at radius 3 is 2.50 bits per heavy atom. The molecule has 0 aliphatic carbocycles. The van der Waals surface area contributed by atoms with Crippen LogP contribution in [0.1, 0.15) is 12.5 Å². The summed E-state index contributed by atoms with van der Waals surface area (Å²) in [4.78, 5) is 12.8. The third-order valence-corrected chi connectivity index (χ3v) is 3.33. The van der Waals surface area contributed by atoms with Crippen molar-refractivity contribution in [2.45, 2.75) is 25.2 Å². The number of carbonyl (C=O) groups is 1. The van der Waals surface area contributed by atoms with E-state index in [2.05, 4.69) is 5.32 Å². The van der Waals surface area contributed by atoms with Crippen LogP contribution in [0.3, 0.4) is 0 Å². The minimum atomic E-state index is -4.24. The number of alkyl halides is 4. The molecule has 0 saturated carbocycles. The Morgan fingerprint density at radius 1 is 1.25 bits per heavy atom. The van der Waals surface area contributed by atoms with Crippen molar-refractivity contribution in [1.82, 2.24) is 10.2 Å². The zero-order chi connectivity index (χ0) is 18.4. The van der Waals surface area contributed by atoms with Crippen LogP contribution >= 0.6 is 0 Å². The molecular weight excluding hydrogens is 328 g/mol. The van der Waals surface area contributed by atoms with Gasteiger partial charge in [0.1, 0.15) is 5.75 Å². The lowest BCUT2D eigenvalue weighted by Crippen LogP contribution is -2.42. The molecule has 0 aromatic heterocycles. The highest BCUT2D eigenvalue weighted by atomic mass is 19.3. The molecule has 0 unspecified atom stereocenters. The van der Waals surface area contributed by atoms with Gasteiger partial charge in [0, 0.05) is 21.0 Å². The van der Waals surface area contributed by atoms with Crippen molar-refractivity contribution in [1.29, 1.82) is 0 Å². The molecule has 1 rings (SSSR count). The van der Waals surface area contributed by atoms with Gasteiger partial charge in [-0.1, -0.05) is 12.1 Å². The van der Waals surface area contributed by atoms with Crippen LogP contribution in [0.5, 0.6) is 5.75 Å². The smallest absolute Gasteiger partial charge is 0.342 e. The summed E-state index contributed by atoms with van der Waals surface area (Å²) in [7, 11) is 3.31. The average molecular weight is 350 g/mol. The lowest BCUT2D eigenvalue weighted by molar-refractivity contribution is -0.211. The molecular formula is C16H22F4N2O2. The van der Waals surface area contributed by atoms with Crippen LogP contribution < -0.4 is 10.1 Å². The van der Waals surface area contributed by atoms with Crippen molar-refractivity contribution in [2.75, 3.05) is 33.8 Å². The van der Waals surface area contributed by atoms with Crippen LogP contribution in [0, 0.1) is 0 Å². The monoisotopic (exact) mass is 350 g/mol. The first-order chi connectivity index (χ1) is 11.0. The largest absolute Gasteiger partial charge is 0.487 e. The van der Waals surface area contributed by atoms with Crippen molar-refractivity contribution >= 4 is 5.91 Å². The van der Waals surface area contributed by atoms with Crippen molar-refractivity contribution in [3.63, 3.8) is 0 Å². The number of rotatable bonds is 9. The maximum atomic E-state index is 13.2. The minimum Gasteiger partial charge on any atom is -0.487 e. The SMILES string of the molecule is CN(C)C(=O)CNCCc1cccc(OCC(F)(F)C(C)(F)F)c1. The molecule has 24 heavy (non-hydrogen) atoms. The predicted octanol–water partition coefficient (Wildman–Crippen LogP) is 2.58. The Labute approximate surface area is 138 Å². The Morgan fingerprint density at radius 2 is 1.92 bits per heavy atom. The van der Waals surface area contributed by atoms with E-state index in [0.29, 0.717) is 13.0 Å². The molecule has 0 aliphatic heterocycles. The van der Waals surface area contributed by atoms with Gasteiger partial charge in [-0.05, 0) is 30.7 Å². The summed E-state index contributed by atoms with van der Waals surface area (Å²) < 4.78 is 56.7. The maximum Gasteiger partial charge on any atom is 0.342 e. The second kappa shape index (κ2) is 8.32. The van der Waals surface area contributed by atoms with Gasteiger partial charge >= 0.3 is 11.8 Å². The predicted molar refractivity (Wildman–Crippen MR) is 82.8 cm³/mol. The number of carbonyl (C=O) groups excluding carboxylic acids is 1. The van der Waals surface area contributed by atoms with Gasteiger partial charge in [0.05, 0.1) is 6.54 Å². The van der Waals surface area contributed by atoms with Crippen molar-refractivity contribution in [3.05, 3.63) is 29.8 Å². The van der Waals surface area contributed by atoms with Gasteiger partial charge < -0.3 is 15.0 Å². The molecule has 1 aromatic rings. The van der Waals surface area contributed by atoms with Crippen LogP contribution in [0.4, 0.5) is 17.6 Å². The molecule has 0 radical (unpaired) electrons. The molecule has 0 bridgehead atoms. The van der Waals surface area contributed by atoms with E-state index < -0.39 is 18.5 Å². The molecule has 136 valence electrons. The summed E-state index contributed by atoms with van der Waals surface area (Å²) in [5.41, 5.74) is 0.781. The summed E-state index contributed by atoms with van der Waals surface area (Å²) in [6.45, 7) is -0.532. The van der Waals surface area contributed by atoms with E-state index in [0.717, 1.165) is 5.56 Å². The average Bonchev–Trinajstić information content (AvgIpc) is 2.48. The van der Waals surface area contributed by atoms with Crippen LogP contribution in [-0.4, -0.2) is 56.4 Å². The van der Waals surface area contributed by atoms with Gasteiger partial charge in [-0.15, -0.1) is 0 Å². The Bertz CT molecular complexity index is 545.